The van der Waals surface area contributed by atoms with Crippen LogP contribution in [0, 0.1) is 0 Å². The van der Waals surface area contributed by atoms with Crippen LogP contribution in [0.15, 0.2) is 16.7 Å². The number of amides is 1. The Morgan fingerprint density at radius 3 is 2.79 bits per heavy atom. The molecule has 0 bridgehead atoms. The first-order valence-electron chi connectivity index (χ1n) is 6.35. The number of aromatic nitrogens is 1. The zero-order chi connectivity index (χ0) is 14.0. The fraction of sp³-hybridized carbons (Fsp3) is 0.538. The molecule has 0 spiro atoms. The second-order valence-corrected chi connectivity index (χ2v) is 5.95. The number of likely N-dealkylation sites (tertiary alicyclic amines) is 1. The number of anilines is 1. The van der Waals surface area contributed by atoms with E-state index in [1.54, 1.807) is 17.2 Å². The summed E-state index contributed by atoms with van der Waals surface area (Å²) in [6, 6.07) is 2.01. The minimum absolute atomic E-state index is 0.0548. The van der Waals surface area contributed by atoms with E-state index in [0.29, 0.717) is 5.56 Å². The average molecular weight is 327 g/mol. The van der Waals surface area contributed by atoms with E-state index in [1.165, 1.54) is 0 Å². The number of nitrogens with zero attached hydrogens (tertiary/aromatic N) is 3. The topological polar surface area (TPSA) is 62.5 Å². The highest BCUT2D eigenvalue weighted by molar-refractivity contribution is 9.10. The summed E-state index contributed by atoms with van der Waals surface area (Å²) in [6.45, 7) is 2.04. The van der Waals surface area contributed by atoms with E-state index in [-0.39, 0.29) is 17.8 Å². The number of hydrogen-bond donors (Lipinski definition) is 1. The summed E-state index contributed by atoms with van der Waals surface area (Å²) in [5.41, 5.74) is 6.26. The standard InChI is InChI=1S/C13H19BrN4O/c1-17-5-3-10(4-6-17)18(2)13(19)11-7-9(14)8-16-12(11)15/h7-8,10H,3-6H2,1-2H3,(H2,15,16). The Morgan fingerprint density at radius 2 is 2.16 bits per heavy atom. The van der Waals surface area contributed by atoms with Crippen molar-refractivity contribution in [3.05, 3.63) is 22.3 Å². The van der Waals surface area contributed by atoms with Crippen molar-refractivity contribution in [2.24, 2.45) is 0 Å². The molecule has 1 aromatic heterocycles. The van der Waals surface area contributed by atoms with E-state index in [9.17, 15) is 4.79 Å². The second kappa shape index (κ2) is 5.88. The van der Waals surface area contributed by atoms with Gasteiger partial charge in [-0.15, -0.1) is 0 Å². The molecular weight excluding hydrogens is 308 g/mol. The van der Waals surface area contributed by atoms with E-state index in [1.807, 2.05) is 7.05 Å². The van der Waals surface area contributed by atoms with Crippen LogP contribution in [0.5, 0.6) is 0 Å². The molecule has 1 aliphatic heterocycles. The Kier molecular flexibility index (Phi) is 4.42. The van der Waals surface area contributed by atoms with Gasteiger partial charge in [0.2, 0.25) is 0 Å². The molecular formula is C13H19BrN4O. The highest BCUT2D eigenvalue weighted by Crippen LogP contribution is 2.21. The Balaban J connectivity index is 2.12. The molecule has 0 aromatic carbocycles. The van der Waals surface area contributed by atoms with Gasteiger partial charge in [-0.25, -0.2) is 4.98 Å². The number of piperidine rings is 1. The quantitative estimate of drug-likeness (QED) is 0.896. The molecule has 5 nitrogen and oxygen atoms in total. The van der Waals surface area contributed by atoms with Crippen LogP contribution >= 0.6 is 15.9 Å². The van der Waals surface area contributed by atoms with Crippen LogP contribution in [0.25, 0.3) is 0 Å². The maximum absolute atomic E-state index is 12.5. The van der Waals surface area contributed by atoms with E-state index < -0.39 is 0 Å². The predicted molar refractivity (Wildman–Crippen MR) is 79.0 cm³/mol. The van der Waals surface area contributed by atoms with Crippen LogP contribution < -0.4 is 5.73 Å². The number of nitrogen functional groups attached to an aromatic ring is 1. The monoisotopic (exact) mass is 326 g/mol. The molecule has 0 radical (unpaired) electrons. The molecule has 1 aromatic rings. The summed E-state index contributed by atoms with van der Waals surface area (Å²) in [6.07, 6.45) is 3.60. The third-order valence-electron chi connectivity index (χ3n) is 3.67. The van der Waals surface area contributed by atoms with Gasteiger partial charge >= 0.3 is 0 Å². The third-order valence-corrected chi connectivity index (χ3v) is 4.11. The van der Waals surface area contributed by atoms with E-state index in [4.69, 9.17) is 5.73 Å². The third kappa shape index (κ3) is 3.25. The lowest BCUT2D eigenvalue weighted by atomic mass is 10.0. The smallest absolute Gasteiger partial charge is 0.257 e. The Bertz CT molecular complexity index is 472. The first-order chi connectivity index (χ1) is 8.99. The van der Waals surface area contributed by atoms with Gasteiger partial charge in [-0.05, 0) is 55.0 Å². The second-order valence-electron chi connectivity index (χ2n) is 5.04. The maximum atomic E-state index is 12.5. The molecule has 1 saturated heterocycles. The Labute approximate surface area is 121 Å². The summed E-state index contributed by atoms with van der Waals surface area (Å²) in [7, 11) is 3.95. The van der Waals surface area contributed by atoms with Crippen molar-refractivity contribution in [2.75, 3.05) is 32.9 Å². The summed E-state index contributed by atoms with van der Waals surface area (Å²) < 4.78 is 0.766. The molecule has 104 valence electrons. The van der Waals surface area contributed by atoms with Gasteiger partial charge in [0.05, 0.1) is 5.56 Å². The minimum Gasteiger partial charge on any atom is -0.383 e. The fourth-order valence-corrected chi connectivity index (χ4v) is 2.69. The van der Waals surface area contributed by atoms with Crippen LogP contribution in [0.1, 0.15) is 23.2 Å². The molecule has 0 unspecified atom stereocenters. The lowest BCUT2D eigenvalue weighted by Crippen LogP contribution is -2.44. The molecule has 2 rings (SSSR count). The van der Waals surface area contributed by atoms with Gasteiger partial charge in [-0.1, -0.05) is 0 Å². The van der Waals surface area contributed by atoms with E-state index >= 15 is 0 Å². The molecule has 2 heterocycles. The van der Waals surface area contributed by atoms with Gasteiger partial charge < -0.3 is 15.5 Å². The summed E-state index contributed by atoms with van der Waals surface area (Å²) in [5.74, 6) is 0.230. The minimum atomic E-state index is -0.0548. The molecule has 1 amide bonds. The Hall–Kier alpha value is -1.14. The number of halogens is 1. The van der Waals surface area contributed by atoms with Crippen molar-refractivity contribution < 1.29 is 4.79 Å². The van der Waals surface area contributed by atoms with Crippen molar-refractivity contribution >= 4 is 27.7 Å². The first-order valence-corrected chi connectivity index (χ1v) is 7.15. The first kappa shape index (κ1) is 14.3. The average Bonchev–Trinajstić information content (AvgIpc) is 2.41. The van der Waals surface area contributed by atoms with Crippen molar-refractivity contribution in [2.45, 2.75) is 18.9 Å². The lowest BCUT2D eigenvalue weighted by Gasteiger charge is -2.35. The molecule has 0 aliphatic carbocycles. The predicted octanol–water partition coefficient (Wildman–Crippen LogP) is 1.59. The highest BCUT2D eigenvalue weighted by Gasteiger charge is 2.26. The van der Waals surface area contributed by atoms with Crippen molar-refractivity contribution in [1.29, 1.82) is 0 Å². The van der Waals surface area contributed by atoms with Crippen molar-refractivity contribution in [1.82, 2.24) is 14.8 Å². The number of pyridine rings is 1. The zero-order valence-electron chi connectivity index (χ0n) is 11.3. The number of rotatable bonds is 2. The largest absolute Gasteiger partial charge is 0.383 e. The maximum Gasteiger partial charge on any atom is 0.257 e. The van der Waals surface area contributed by atoms with Crippen LogP contribution in [-0.4, -0.2) is 53.9 Å². The Morgan fingerprint density at radius 1 is 1.53 bits per heavy atom. The normalized spacial score (nSPS) is 17.4. The van der Waals surface area contributed by atoms with Crippen LogP contribution in [0.3, 0.4) is 0 Å². The zero-order valence-corrected chi connectivity index (χ0v) is 12.9. The summed E-state index contributed by atoms with van der Waals surface area (Å²) in [4.78, 5) is 20.6. The molecule has 0 saturated carbocycles. The van der Waals surface area contributed by atoms with Gasteiger partial charge in [-0.3, -0.25) is 4.79 Å². The molecule has 1 fully saturated rings. The van der Waals surface area contributed by atoms with Gasteiger partial charge in [-0.2, -0.15) is 0 Å². The molecule has 2 N–H and O–H groups in total. The van der Waals surface area contributed by atoms with Crippen molar-refractivity contribution in [3.63, 3.8) is 0 Å². The number of carbonyl (C=O) groups is 1. The van der Waals surface area contributed by atoms with Crippen LogP contribution in [-0.2, 0) is 0 Å². The van der Waals surface area contributed by atoms with Gasteiger partial charge in [0.15, 0.2) is 0 Å². The van der Waals surface area contributed by atoms with Gasteiger partial charge in [0.25, 0.3) is 5.91 Å². The van der Waals surface area contributed by atoms with Crippen molar-refractivity contribution in [3.8, 4) is 0 Å². The highest BCUT2D eigenvalue weighted by atomic mass is 79.9. The molecule has 0 atom stereocenters. The number of nitrogens with two attached hydrogens (primary N) is 1. The lowest BCUT2D eigenvalue weighted by molar-refractivity contribution is 0.0660. The number of carbonyl (C=O) groups excluding carboxylic acids is 1. The fourth-order valence-electron chi connectivity index (χ4n) is 2.36. The van der Waals surface area contributed by atoms with Crippen LogP contribution in [0.2, 0.25) is 0 Å². The molecule has 6 heteroatoms. The SMILES string of the molecule is CN1CCC(N(C)C(=O)c2cc(Br)cnc2N)CC1. The number of hydrogen-bond acceptors (Lipinski definition) is 4. The summed E-state index contributed by atoms with van der Waals surface area (Å²) in [5, 5.41) is 0. The molecule has 19 heavy (non-hydrogen) atoms. The van der Waals surface area contributed by atoms with E-state index in [2.05, 4.69) is 32.9 Å². The van der Waals surface area contributed by atoms with Gasteiger partial charge in [0, 0.05) is 23.8 Å². The van der Waals surface area contributed by atoms with Crippen LogP contribution in [0.4, 0.5) is 5.82 Å². The van der Waals surface area contributed by atoms with E-state index in [0.717, 1.165) is 30.4 Å². The molecule has 1 aliphatic rings. The summed E-state index contributed by atoms with van der Waals surface area (Å²) >= 11 is 3.32. The van der Waals surface area contributed by atoms with Gasteiger partial charge in [0.1, 0.15) is 5.82 Å².